The van der Waals surface area contributed by atoms with Crippen LogP contribution in [0.15, 0.2) is 41.1 Å². The van der Waals surface area contributed by atoms with E-state index in [0.29, 0.717) is 42.8 Å². The van der Waals surface area contributed by atoms with Gasteiger partial charge in [-0.15, -0.1) is 0 Å². The number of aryl methyl sites for hydroxylation is 2. The van der Waals surface area contributed by atoms with Crippen molar-refractivity contribution in [1.82, 2.24) is 15.1 Å². The van der Waals surface area contributed by atoms with Gasteiger partial charge in [-0.25, -0.2) is 9.07 Å². The molecule has 0 unspecified atom stereocenters. The highest BCUT2D eigenvalue weighted by Crippen LogP contribution is 2.21. The molecule has 3 rings (SSSR count). The van der Waals surface area contributed by atoms with Crippen molar-refractivity contribution in [2.45, 2.75) is 25.7 Å². The van der Waals surface area contributed by atoms with Crippen molar-refractivity contribution in [1.29, 1.82) is 5.26 Å². The van der Waals surface area contributed by atoms with Crippen LogP contribution in [0.2, 0.25) is 0 Å². The molecular weight excluding hydrogens is 377 g/mol. The summed E-state index contributed by atoms with van der Waals surface area (Å²) in [7, 11) is 0. The number of anilines is 1. The molecule has 2 heterocycles. The summed E-state index contributed by atoms with van der Waals surface area (Å²) in [5.41, 5.74) is 8.67. The summed E-state index contributed by atoms with van der Waals surface area (Å²) in [6, 6.07) is 9.83. The lowest BCUT2D eigenvalue weighted by atomic mass is 10.1. The molecule has 144 valence electrons. The van der Waals surface area contributed by atoms with Gasteiger partial charge in [0.1, 0.15) is 23.3 Å². The molecule has 0 aliphatic heterocycles. The molecule has 0 bridgehead atoms. The summed E-state index contributed by atoms with van der Waals surface area (Å²) in [6.45, 7) is 0.497. The van der Waals surface area contributed by atoms with Crippen LogP contribution in [0.25, 0.3) is 5.69 Å². The normalized spacial score (nSPS) is 10.6. The number of carbonyl (C=O) groups excluding carboxylic acids is 1. The smallest absolute Gasteiger partial charge is 0.220 e. The SMILES string of the molecule is N#Cc1c(CCCNC(=O)CCc2ccsc2)nn(-c2ccc(F)cc2)c1N. The zero-order valence-electron chi connectivity index (χ0n) is 15.2. The third-order valence-electron chi connectivity index (χ3n) is 4.31. The van der Waals surface area contributed by atoms with Crippen molar-refractivity contribution in [2.24, 2.45) is 0 Å². The minimum absolute atomic E-state index is 0.00284. The second-order valence-electron chi connectivity index (χ2n) is 6.29. The lowest BCUT2D eigenvalue weighted by Crippen LogP contribution is -2.25. The number of amides is 1. The van der Waals surface area contributed by atoms with Crippen LogP contribution < -0.4 is 11.1 Å². The third-order valence-corrected chi connectivity index (χ3v) is 5.04. The number of halogens is 1. The molecule has 2 aromatic heterocycles. The van der Waals surface area contributed by atoms with E-state index >= 15 is 0 Å². The molecule has 0 atom stereocenters. The van der Waals surface area contributed by atoms with Gasteiger partial charge in [0.15, 0.2) is 0 Å². The average Bonchev–Trinajstić information content (AvgIpc) is 3.32. The van der Waals surface area contributed by atoms with Crippen molar-refractivity contribution < 1.29 is 9.18 Å². The lowest BCUT2D eigenvalue weighted by molar-refractivity contribution is -0.121. The number of carbonyl (C=O) groups is 1. The van der Waals surface area contributed by atoms with Crippen LogP contribution in [-0.2, 0) is 17.6 Å². The van der Waals surface area contributed by atoms with E-state index in [1.54, 1.807) is 23.5 Å². The Hall–Kier alpha value is -3.18. The summed E-state index contributed by atoms with van der Waals surface area (Å²) in [6.07, 6.45) is 2.32. The number of hydrogen-bond acceptors (Lipinski definition) is 5. The number of aromatic nitrogens is 2. The standard InChI is InChI=1S/C20H20FN5OS/c21-15-4-6-16(7-5-15)26-20(23)17(12-22)18(25-26)2-1-10-24-19(27)8-3-14-9-11-28-13-14/h4-7,9,11,13H,1-3,8,10,23H2,(H,24,27). The van der Waals surface area contributed by atoms with Crippen LogP contribution >= 0.6 is 11.3 Å². The number of benzene rings is 1. The van der Waals surface area contributed by atoms with Crippen LogP contribution in [0.3, 0.4) is 0 Å². The number of hydrogen-bond donors (Lipinski definition) is 2. The van der Waals surface area contributed by atoms with Gasteiger partial charge < -0.3 is 11.1 Å². The van der Waals surface area contributed by atoms with E-state index in [-0.39, 0.29) is 17.5 Å². The molecule has 0 saturated carbocycles. The molecule has 3 aromatic rings. The Labute approximate surface area is 166 Å². The van der Waals surface area contributed by atoms with E-state index < -0.39 is 0 Å². The zero-order chi connectivity index (χ0) is 19.9. The van der Waals surface area contributed by atoms with E-state index in [9.17, 15) is 14.4 Å². The molecule has 0 radical (unpaired) electrons. The summed E-state index contributed by atoms with van der Waals surface area (Å²) >= 11 is 1.62. The van der Waals surface area contributed by atoms with Gasteiger partial charge in [0.05, 0.1) is 11.4 Å². The topological polar surface area (TPSA) is 96.7 Å². The van der Waals surface area contributed by atoms with Gasteiger partial charge in [-0.1, -0.05) is 0 Å². The van der Waals surface area contributed by atoms with E-state index in [0.717, 1.165) is 6.42 Å². The number of nitrogens with one attached hydrogen (secondary N) is 1. The van der Waals surface area contributed by atoms with E-state index in [2.05, 4.69) is 16.5 Å². The third kappa shape index (κ3) is 4.75. The van der Waals surface area contributed by atoms with E-state index in [4.69, 9.17) is 5.73 Å². The predicted octanol–water partition coefficient (Wildman–Crippen LogP) is 3.21. The molecule has 0 spiro atoms. The molecule has 0 fully saturated rings. The maximum Gasteiger partial charge on any atom is 0.220 e. The van der Waals surface area contributed by atoms with E-state index in [1.807, 2.05) is 16.8 Å². The number of thiophene rings is 1. The van der Waals surface area contributed by atoms with E-state index in [1.165, 1.54) is 22.4 Å². The molecule has 1 aromatic carbocycles. The Morgan fingerprint density at radius 2 is 2.07 bits per heavy atom. The van der Waals surface area contributed by atoms with Gasteiger partial charge in [0, 0.05) is 13.0 Å². The highest BCUT2D eigenvalue weighted by atomic mass is 32.1. The number of rotatable bonds is 8. The summed E-state index contributed by atoms with van der Waals surface area (Å²) in [4.78, 5) is 11.9. The Balaban J connectivity index is 1.54. The first-order valence-electron chi connectivity index (χ1n) is 8.89. The Kier molecular flexibility index (Phi) is 6.40. The fraction of sp³-hybridized carbons (Fsp3) is 0.250. The molecular formula is C20H20FN5OS. The second kappa shape index (κ2) is 9.15. The van der Waals surface area contributed by atoms with Crippen molar-refractivity contribution in [3.8, 4) is 11.8 Å². The minimum atomic E-state index is -0.357. The molecule has 3 N–H and O–H groups in total. The van der Waals surface area contributed by atoms with Gasteiger partial charge in [0.2, 0.25) is 5.91 Å². The first kappa shape index (κ1) is 19.6. The number of nitrogens with zero attached hydrogens (tertiary/aromatic N) is 3. The Morgan fingerprint density at radius 3 is 2.75 bits per heavy atom. The van der Waals surface area contributed by atoms with Crippen molar-refractivity contribution in [3.05, 3.63) is 63.7 Å². The van der Waals surface area contributed by atoms with Crippen molar-refractivity contribution >= 4 is 23.1 Å². The van der Waals surface area contributed by atoms with Crippen molar-refractivity contribution in [2.75, 3.05) is 12.3 Å². The summed E-state index contributed by atoms with van der Waals surface area (Å²) < 4.78 is 14.5. The predicted molar refractivity (Wildman–Crippen MR) is 107 cm³/mol. The number of nitrogen functional groups attached to an aromatic ring is 1. The zero-order valence-corrected chi connectivity index (χ0v) is 16.0. The van der Waals surface area contributed by atoms with Crippen LogP contribution in [0.1, 0.15) is 29.7 Å². The quantitative estimate of drug-likeness (QED) is 0.571. The first-order valence-corrected chi connectivity index (χ1v) is 9.84. The van der Waals surface area contributed by atoms with Crippen LogP contribution in [0.4, 0.5) is 10.2 Å². The molecule has 1 amide bonds. The maximum atomic E-state index is 13.1. The summed E-state index contributed by atoms with van der Waals surface area (Å²) in [5, 5.41) is 20.7. The molecule has 0 saturated heterocycles. The molecule has 6 nitrogen and oxygen atoms in total. The number of nitriles is 1. The van der Waals surface area contributed by atoms with Gasteiger partial charge >= 0.3 is 0 Å². The number of nitrogens with two attached hydrogens (primary N) is 1. The second-order valence-corrected chi connectivity index (χ2v) is 7.07. The van der Waals surface area contributed by atoms with Gasteiger partial charge in [0.25, 0.3) is 0 Å². The lowest BCUT2D eigenvalue weighted by Gasteiger charge is -2.04. The Bertz CT molecular complexity index is 973. The van der Waals surface area contributed by atoms with Crippen LogP contribution in [-0.4, -0.2) is 22.2 Å². The fourth-order valence-electron chi connectivity index (χ4n) is 2.82. The molecule has 0 aliphatic rings. The van der Waals surface area contributed by atoms with Crippen molar-refractivity contribution in [3.63, 3.8) is 0 Å². The monoisotopic (exact) mass is 397 g/mol. The summed E-state index contributed by atoms with van der Waals surface area (Å²) in [5.74, 6) is -0.128. The van der Waals surface area contributed by atoms with Crippen LogP contribution in [0.5, 0.6) is 0 Å². The fourth-order valence-corrected chi connectivity index (χ4v) is 3.52. The van der Waals surface area contributed by atoms with Gasteiger partial charge in [-0.05, 0) is 65.9 Å². The van der Waals surface area contributed by atoms with Gasteiger partial charge in [-0.2, -0.15) is 21.7 Å². The molecule has 0 aliphatic carbocycles. The Morgan fingerprint density at radius 1 is 1.29 bits per heavy atom. The van der Waals surface area contributed by atoms with Crippen LogP contribution in [0, 0.1) is 17.1 Å². The highest BCUT2D eigenvalue weighted by molar-refractivity contribution is 7.07. The van der Waals surface area contributed by atoms with Gasteiger partial charge in [-0.3, -0.25) is 4.79 Å². The minimum Gasteiger partial charge on any atom is -0.382 e. The first-order chi connectivity index (χ1) is 13.6. The maximum absolute atomic E-state index is 13.1. The highest BCUT2D eigenvalue weighted by Gasteiger charge is 2.16. The molecule has 8 heteroatoms. The largest absolute Gasteiger partial charge is 0.382 e. The average molecular weight is 397 g/mol. The molecule has 28 heavy (non-hydrogen) atoms.